The summed E-state index contributed by atoms with van der Waals surface area (Å²) in [4.78, 5) is 40.0. The number of carbonyl (C=O) groups is 1. The van der Waals surface area contributed by atoms with Crippen LogP contribution in [0.1, 0.15) is 52.2 Å². The number of fused-ring (bicyclic) bond motifs is 1. The van der Waals surface area contributed by atoms with E-state index in [4.69, 9.17) is 10.5 Å². The molecule has 0 aliphatic carbocycles. The van der Waals surface area contributed by atoms with Crippen LogP contribution in [0.15, 0.2) is 65.7 Å². The van der Waals surface area contributed by atoms with Gasteiger partial charge in [-0.05, 0) is 67.6 Å². The molecule has 0 fully saturated rings. The van der Waals surface area contributed by atoms with Gasteiger partial charge in [-0.3, -0.25) is 19.1 Å². The van der Waals surface area contributed by atoms with Gasteiger partial charge in [0.2, 0.25) is 5.91 Å². The first-order chi connectivity index (χ1) is 19.3. The largest absolute Gasteiger partial charge is 0.497 e. The Labute approximate surface area is 269 Å². The lowest BCUT2D eigenvalue weighted by molar-refractivity contribution is -0.124. The normalized spacial score (nSPS) is 13.8. The van der Waals surface area contributed by atoms with Crippen LogP contribution in [0, 0.1) is 13.8 Å². The summed E-state index contributed by atoms with van der Waals surface area (Å²) < 4.78 is 6.87. The Bertz CT molecular complexity index is 1580. The number of aryl methyl sites for hydroxylation is 3. The maximum atomic E-state index is 13.6. The molecule has 0 saturated carbocycles. The number of aromatic nitrogens is 4. The molecule has 0 unspecified atom stereocenters. The van der Waals surface area contributed by atoms with Crippen molar-refractivity contribution in [2.24, 2.45) is 0 Å². The number of benzene rings is 1. The number of carbonyl (C=O) groups excluding carboxylic acids is 1. The third-order valence-corrected chi connectivity index (χ3v) is 7.31. The molecule has 1 aliphatic rings. The molecule has 43 heavy (non-hydrogen) atoms. The molecule has 1 aliphatic heterocycles. The number of hydrogen-bond acceptors (Lipinski definition) is 8. The maximum absolute atomic E-state index is 13.6. The van der Waals surface area contributed by atoms with Gasteiger partial charge in [0.1, 0.15) is 17.6 Å². The molecule has 4 N–H and O–H groups in total. The number of amides is 1. The van der Waals surface area contributed by atoms with E-state index in [1.54, 1.807) is 23.9 Å². The van der Waals surface area contributed by atoms with E-state index in [-0.39, 0.29) is 60.4 Å². The van der Waals surface area contributed by atoms with Gasteiger partial charge in [-0.25, -0.2) is 9.97 Å². The molecule has 230 valence electrons. The number of rotatable bonds is 9. The fourth-order valence-corrected chi connectivity index (χ4v) is 5.02. The molecule has 0 radical (unpaired) electrons. The quantitative estimate of drug-likeness (QED) is 0.240. The van der Waals surface area contributed by atoms with E-state index in [0.29, 0.717) is 31.7 Å². The number of ether oxygens (including phenoxy) is 1. The number of pyridine rings is 2. The van der Waals surface area contributed by atoms with Gasteiger partial charge < -0.3 is 21.1 Å². The monoisotopic (exact) mass is 647 g/mol. The molecule has 4 heterocycles. The number of nitrogens with one attached hydrogen (secondary N) is 2. The average molecular weight is 649 g/mol. The second kappa shape index (κ2) is 15.6. The molecule has 1 aromatic carbocycles. The second-order valence-corrected chi connectivity index (χ2v) is 9.99. The summed E-state index contributed by atoms with van der Waals surface area (Å²) in [5, 5.41) is 6.20. The summed E-state index contributed by atoms with van der Waals surface area (Å²) in [6.45, 7) is 4.54. The third-order valence-electron chi connectivity index (χ3n) is 7.31. The number of nitrogen functional groups attached to an aromatic ring is 1. The predicted octanol–water partition coefficient (Wildman–Crippen LogP) is 4.55. The smallest absolute Gasteiger partial charge is 0.294 e. The predicted molar refractivity (Wildman–Crippen MR) is 175 cm³/mol. The summed E-state index contributed by atoms with van der Waals surface area (Å²) in [5.41, 5.74) is 10.8. The Morgan fingerprint density at radius 3 is 2.44 bits per heavy atom. The van der Waals surface area contributed by atoms with Crippen molar-refractivity contribution in [3.05, 3.63) is 105 Å². The lowest BCUT2D eigenvalue weighted by Gasteiger charge is -2.20. The van der Waals surface area contributed by atoms with Crippen molar-refractivity contribution in [2.45, 2.75) is 45.2 Å². The minimum absolute atomic E-state index is 0. The molecule has 1 amide bonds. The highest BCUT2D eigenvalue weighted by Gasteiger charge is 2.31. The fraction of sp³-hybridized carbons (Fsp3) is 0.300. The lowest BCUT2D eigenvalue weighted by Crippen LogP contribution is -2.36. The Balaban J connectivity index is 0.00000215. The number of hydrogen-bond donors (Lipinski definition) is 3. The highest BCUT2D eigenvalue weighted by Crippen LogP contribution is 2.27. The molecule has 5 rings (SSSR count). The van der Waals surface area contributed by atoms with E-state index in [1.807, 2.05) is 62.5 Å². The van der Waals surface area contributed by atoms with Crippen molar-refractivity contribution in [1.82, 2.24) is 24.8 Å². The maximum Gasteiger partial charge on any atom is 0.294 e. The number of nitrogens with zero attached hydrogens (tertiary/aromatic N) is 4. The van der Waals surface area contributed by atoms with E-state index in [1.165, 1.54) is 0 Å². The van der Waals surface area contributed by atoms with Gasteiger partial charge in [0.15, 0.2) is 5.82 Å². The van der Waals surface area contributed by atoms with E-state index in [0.717, 1.165) is 39.5 Å². The molecule has 2 atom stereocenters. The number of nitrogens with two attached hydrogens (primary N) is 1. The summed E-state index contributed by atoms with van der Waals surface area (Å²) in [5.74, 6) is 1.05. The number of anilines is 2. The fourth-order valence-electron chi connectivity index (χ4n) is 5.02. The summed E-state index contributed by atoms with van der Waals surface area (Å²) in [6.07, 6.45) is 4.65. The van der Waals surface area contributed by atoms with Crippen molar-refractivity contribution in [3.8, 4) is 5.75 Å². The average Bonchev–Trinajstić information content (AvgIpc) is 3.40. The van der Waals surface area contributed by atoms with Gasteiger partial charge >= 0.3 is 0 Å². The van der Waals surface area contributed by atoms with Crippen molar-refractivity contribution < 1.29 is 9.53 Å². The zero-order valence-corrected chi connectivity index (χ0v) is 26.5. The van der Waals surface area contributed by atoms with Crippen LogP contribution >= 0.6 is 37.2 Å². The van der Waals surface area contributed by atoms with Gasteiger partial charge in [-0.1, -0.05) is 24.3 Å². The van der Waals surface area contributed by atoms with Crippen LogP contribution in [-0.4, -0.2) is 39.1 Å². The molecule has 0 bridgehead atoms. The van der Waals surface area contributed by atoms with E-state index < -0.39 is 6.04 Å². The van der Waals surface area contributed by atoms with Gasteiger partial charge in [-0.15, -0.1) is 37.2 Å². The zero-order valence-electron chi connectivity index (χ0n) is 24.1. The van der Waals surface area contributed by atoms with Crippen molar-refractivity contribution in [1.29, 1.82) is 0 Å². The summed E-state index contributed by atoms with van der Waals surface area (Å²) >= 11 is 0. The molecule has 0 saturated heterocycles. The van der Waals surface area contributed by atoms with Gasteiger partial charge in [0, 0.05) is 48.5 Å². The molecule has 4 aromatic rings. The van der Waals surface area contributed by atoms with Crippen LogP contribution in [0.25, 0.3) is 0 Å². The SMILES string of the molecule is COc1ccc([C@@H](CNc2ncc3n(c2=O)[C@H](C(=O)NCc2ccc(N)nc2C)CC3)c2ccc(C)cn2)cc1.Cl.Cl.Cl. The molecule has 3 aromatic heterocycles. The first-order valence-corrected chi connectivity index (χ1v) is 13.2. The van der Waals surface area contributed by atoms with Crippen LogP contribution in [0.4, 0.5) is 11.6 Å². The highest BCUT2D eigenvalue weighted by molar-refractivity contribution is 5.86. The summed E-state index contributed by atoms with van der Waals surface area (Å²) in [7, 11) is 1.63. The van der Waals surface area contributed by atoms with Crippen molar-refractivity contribution in [2.75, 3.05) is 24.7 Å². The number of methoxy groups -OCH3 is 1. The molecule has 0 spiro atoms. The first-order valence-electron chi connectivity index (χ1n) is 13.2. The Kier molecular flexibility index (Phi) is 12.8. The van der Waals surface area contributed by atoms with Crippen molar-refractivity contribution >= 4 is 54.8 Å². The van der Waals surface area contributed by atoms with Crippen molar-refractivity contribution in [3.63, 3.8) is 0 Å². The molecular weight excluding hydrogens is 613 g/mol. The molecule has 10 nitrogen and oxygen atoms in total. The van der Waals surface area contributed by atoms with E-state index in [2.05, 4.69) is 25.6 Å². The Morgan fingerprint density at radius 1 is 1.05 bits per heavy atom. The van der Waals surface area contributed by atoms with Crippen LogP contribution in [0.5, 0.6) is 5.75 Å². The van der Waals surface area contributed by atoms with E-state index in [9.17, 15) is 9.59 Å². The minimum Gasteiger partial charge on any atom is -0.497 e. The van der Waals surface area contributed by atoms with Crippen LogP contribution in [0.2, 0.25) is 0 Å². The van der Waals surface area contributed by atoms with Crippen LogP contribution in [-0.2, 0) is 17.8 Å². The lowest BCUT2D eigenvalue weighted by atomic mass is 9.94. The number of halogens is 3. The minimum atomic E-state index is -0.607. The zero-order chi connectivity index (χ0) is 28.2. The summed E-state index contributed by atoms with van der Waals surface area (Å²) in [6, 6.07) is 14.8. The third kappa shape index (κ3) is 7.95. The Hall–Kier alpha value is -3.86. The molecular formula is C30H36Cl3N7O3. The highest BCUT2D eigenvalue weighted by atomic mass is 35.5. The topological polar surface area (TPSA) is 137 Å². The Morgan fingerprint density at radius 2 is 1.79 bits per heavy atom. The van der Waals surface area contributed by atoms with Crippen LogP contribution in [0.3, 0.4) is 0 Å². The second-order valence-electron chi connectivity index (χ2n) is 9.99. The first kappa shape index (κ1) is 35.3. The van der Waals surface area contributed by atoms with Gasteiger partial charge in [0.05, 0.1) is 7.11 Å². The van der Waals surface area contributed by atoms with Gasteiger partial charge in [0.25, 0.3) is 5.56 Å². The van der Waals surface area contributed by atoms with Crippen LogP contribution < -0.4 is 26.7 Å². The molecule has 13 heteroatoms. The van der Waals surface area contributed by atoms with E-state index >= 15 is 0 Å². The standard InChI is InChI=1S/C30H33N7O3.3ClH/c1-18-4-11-25(32-14-18)24(20-5-9-23(40-3)10-6-20)17-34-28-30(39)37-22(16-33-28)8-12-26(37)29(38)35-15-21-7-13-27(31)36-19(21)2;;;/h4-7,9-11,13-14,16,24,26H,8,12,15,17H2,1-3H3,(H2,31,36)(H,33,34)(H,35,38);3*1H/t24-,26+;;;/m1.../s1. The van der Waals surface area contributed by atoms with Gasteiger partial charge in [-0.2, -0.15) is 0 Å².